The first-order chi connectivity index (χ1) is 8.10. The Morgan fingerprint density at radius 2 is 2.17 bits per heavy atom. The molecule has 1 fully saturated rings. The summed E-state index contributed by atoms with van der Waals surface area (Å²) in [7, 11) is 0. The van der Waals surface area contributed by atoms with Crippen LogP contribution in [0.4, 0.5) is 4.39 Å². The number of nitrogens with zero attached hydrogens (tertiary/aromatic N) is 1. The fourth-order valence-corrected chi connectivity index (χ4v) is 2.65. The molecule has 0 saturated carbocycles. The second-order valence-electron chi connectivity index (χ2n) is 5.21. The van der Waals surface area contributed by atoms with Crippen LogP contribution in [0, 0.1) is 18.7 Å². The molecule has 4 heteroatoms. The van der Waals surface area contributed by atoms with Gasteiger partial charge in [-0.25, -0.2) is 4.39 Å². The summed E-state index contributed by atoms with van der Waals surface area (Å²) in [5.74, 6) is 0.469. The van der Waals surface area contributed by atoms with Crippen molar-refractivity contribution in [2.45, 2.75) is 32.9 Å². The normalized spacial score (nSPS) is 24.0. The smallest absolute Gasteiger partial charge is 0.127 e. The Hall–Kier alpha value is -0.640. The SMILES string of the molecule is Cc1ccc(F)c(CN2CC(CN)CC2C)c1.Cl. The van der Waals surface area contributed by atoms with E-state index in [4.69, 9.17) is 5.73 Å². The molecule has 1 aliphatic heterocycles. The third kappa shape index (κ3) is 3.44. The summed E-state index contributed by atoms with van der Waals surface area (Å²) in [5.41, 5.74) is 7.62. The zero-order valence-electron chi connectivity index (χ0n) is 11.0. The highest BCUT2D eigenvalue weighted by molar-refractivity contribution is 5.85. The van der Waals surface area contributed by atoms with Crippen LogP contribution in [0.2, 0.25) is 0 Å². The maximum atomic E-state index is 13.7. The lowest BCUT2D eigenvalue weighted by Crippen LogP contribution is -2.27. The van der Waals surface area contributed by atoms with Gasteiger partial charge >= 0.3 is 0 Å². The van der Waals surface area contributed by atoms with Crippen LogP contribution in [0.5, 0.6) is 0 Å². The summed E-state index contributed by atoms with van der Waals surface area (Å²) in [5, 5.41) is 0. The van der Waals surface area contributed by atoms with Crippen molar-refractivity contribution < 1.29 is 4.39 Å². The Balaban J connectivity index is 0.00000162. The number of halogens is 2. The second kappa shape index (κ2) is 6.50. The maximum Gasteiger partial charge on any atom is 0.127 e. The zero-order valence-corrected chi connectivity index (χ0v) is 11.8. The Morgan fingerprint density at radius 3 is 2.78 bits per heavy atom. The van der Waals surface area contributed by atoms with Gasteiger partial charge in [0.05, 0.1) is 0 Å². The summed E-state index contributed by atoms with van der Waals surface area (Å²) >= 11 is 0. The van der Waals surface area contributed by atoms with E-state index in [9.17, 15) is 4.39 Å². The standard InChI is InChI=1S/C14H21FN2.ClH/c1-10-3-4-14(15)13(5-10)9-17-8-12(7-16)6-11(17)2;/h3-5,11-12H,6-9,16H2,1-2H3;1H. The lowest BCUT2D eigenvalue weighted by molar-refractivity contribution is 0.252. The van der Waals surface area contributed by atoms with Crippen molar-refractivity contribution >= 4 is 12.4 Å². The van der Waals surface area contributed by atoms with Gasteiger partial charge in [-0.3, -0.25) is 4.90 Å². The number of hydrogen-bond donors (Lipinski definition) is 1. The largest absolute Gasteiger partial charge is 0.330 e. The quantitative estimate of drug-likeness (QED) is 0.917. The van der Waals surface area contributed by atoms with E-state index in [1.54, 1.807) is 6.07 Å². The molecular weight excluding hydrogens is 251 g/mol. The molecule has 1 aliphatic rings. The van der Waals surface area contributed by atoms with Crippen LogP contribution in [0.25, 0.3) is 0 Å². The molecule has 0 radical (unpaired) electrons. The molecule has 0 aromatic heterocycles. The summed E-state index contributed by atoms with van der Waals surface area (Å²) in [6.07, 6.45) is 1.13. The molecule has 102 valence electrons. The van der Waals surface area contributed by atoms with Crippen molar-refractivity contribution in [2.75, 3.05) is 13.1 Å². The van der Waals surface area contributed by atoms with Gasteiger partial charge in [0.15, 0.2) is 0 Å². The summed E-state index contributed by atoms with van der Waals surface area (Å²) in [4.78, 5) is 2.33. The zero-order chi connectivity index (χ0) is 12.4. The van der Waals surface area contributed by atoms with Gasteiger partial charge in [0.2, 0.25) is 0 Å². The van der Waals surface area contributed by atoms with Gasteiger partial charge < -0.3 is 5.73 Å². The van der Waals surface area contributed by atoms with Crippen molar-refractivity contribution in [3.63, 3.8) is 0 Å². The lowest BCUT2D eigenvalue weighted by Gasteiger charge is -2.21. The van der Waals surface area contributed by atoms with Gasteiger partial charge in [0.1, 0.15) is 5.82 Å². The van der Waals surface area contributed by atoms with Crippen LogP contribution < -0.4 is 5.73 Å². The molecule has 1 aromatic carbocycles. The highest BCUT2D eigenvalue weighted by atomic mass is 35.5. The molecule has 0 aliphatic carbocycles. The van der Waals surface area contributed by atoms with Gasteiger partial charge in [0, 0.05) is 24.7 Å². The minimum Gasteiger partial charge on any atom is -0.330 e. The highest BCUT2D eigenvalue weighted by Crippen LogP contribution is 2.25. The number of rotatable bonds is 3. The van der Waals surface area contributed by atoms with E-state index in [2.05, 4.69) is 11.8 Å². The van der Waals surface area contributed by atoms with Crippen molar-refractivity contribution in [2.24, 2.45) is 11.7 Å². The molecule has 1 saturated heterocycles. The van der Waals surface area contributed by atoms with Crippen LogP contribution in [-0.2, 0) is 6.54 Å². The molecule has 0 bridgehead atoms. The first kappa shape index (κ1) is 15.4. The molecule has 0 amide bonds. The highest BCUT2D eigenvalue weighted by Gasteiger charge is 2.28. The minimum atomic E-state index is -0.0981. The van der Waals surface area contributed by atoms with E-state index in [-0.39, 0.29) is 18.2 Å². The predicted molar refractivity (Wildman–Crippen MR) is 75.4 cm³/mol. The van der Waals surface area contributed by atoms with Crippen molar-refractivity contribution in [1.82, 2.24) is 4.90 Å². The number of nitrogens with two attached hydrogens (primary N) is 1. The summed E-state index contributed by atoms with van der Waals surface area (Å²) in [6, 6.07) is 5.82. The van der Waals surface area contributed by atoms with Crippen molar-refractivity contribution in [1.29, 1.82) is 0 Å². The third-order valence-corrected chi connectivity index (χ3v) is 3.70. The van der Waals surface area contributed by atoms with Crippen LogP contribution in [0.15, 0.2) is 18.2 Å². The van der Waals surface area contributed by atoms with E-state index in [1.807, 2.05) is 19.1 Å². The monoisotopic (exact) mass is 272 g/mol. The fraction of sp³-hybridized carbons (Fsp3) is 0.571. The molecule has 18 heavy (non-hydrogen) atoms. The molecule has 0 spiro atoms. The van der Waals surface area contributed by atoms with Gasteiger partial charge in [-0.15, -0.1) is 12.4 Å². The molecule has 1 heterocycles. The first-order valence-corrected chi connectivity index (χ1v) is 6.29. The van der Waals surface area contributed by atoms with E-state index < -0.39 is 0 Å². The summed E-state index contributed by atoms with van der Waals surface area (Å²) in [6.45, 7) is 6.62. The molecule has 2 N–H and O–H groups in total. The maximum absolute atomic E-state index is 13.7. The van der Waals surface area contributed by atoms with E-state index in [1.165, 1.54) is 0 Å². The first-order valence-electron chi connectivity index (χ1n) is 6.29. The summed E-state index contributed by atoms with van der Waals surface area (Å²) < 4.78 is 13.7. The van der Waals surface area contributed by atoms with Crippen molar-refractivity contribution in [3.05, 3.63) is 35.1 Å². The Labute approximate surface area is 115 Å². The molecule has 2 nitrogen and oxygen atoms in total. The van der Waals surface area contributed by atoms with Crippen LogP contribution in [-0.4, -0.2) is 24.0 Å². The van der Waals surface area contributed by atoms with Crippen molar-refractivity contribution in [3.8, 4) is 0 Å². The predicted octanol–water partition coefficient (Wildman–Crippen LogP) is 2.73. The number of likely N-dealkylation sites (tertiary alicyclic amines) is 1. The van der Waals surface area contributed by atoms with E-state index in [0.29, 0.717) is 18.5 Å². The van der Waals surface area contributed by atoms with E-state index >= 15 is 0 Å². The topological polar surface area (TPSA) is 29.3 Å². The molecule has 1 aromatic rings. The third-order valence-electron chi connectivity index (χ3n) is 3.70. The average molecular weight is 273 g/mol. The minimum absolute atomic E-state index is 0. The van der Waals surface area contributed by atoms with Crippen LogP contribution in [0.1, 0.15) is 24.5 Å². The van der Waals surface area contributed by atoms with E-state index in [0.717, 1.165) is 30.6 Å². The van der Waals surface area contributed by atoms with Crippen LogP contribution in [0.3, 0.4) is 0 Å². The Kier molecular flexibility index (Phi) is 5.57. The molecule has 2 rings (SSSR count). The fourth-order valence-electron chi connectivity index (χ4n) is 2.65. The number of benzene rings is 1. The Bertz CT molecular complexity index is 397. The van der Waals surface area contributed by atoms with Gasteiger partial charge in [-0.1, -0.05) is 17.7 Å². The average Bonchev–Trinajstić information content (AvgIpc) is 2.65. The van der Waals surface area contributed by atoms with Crippen LogP contribution >= 0.6 is 12.4 Å². The number of aryl methyl sites for hydroxylation is 1. The van der Waals surface area contributed by atoms with Gasteiger partial charge in [-0.05, 0) is 38.8 Å². The Morgan fingerprint density at radius 1 is 1.44 bits per heavy atom. The molecule has 2 unspecified atom stereocenters. The number of hydrogen-bond acceptors (Lipinski definition) is 2. The lowest BCUT2D eigenvalue weighted by atomic mass is 10.1. The van der Waals surface area contributed by atoms with Gasteiger partial charge in [-0.2, -0.15) is 0 Å². The molecule has 2 atom stereocenters. The second-order valence-corrected chi connectivity index (χ2v) is 5.21. The van der Waals surface area contributed by atoms with Gasteiger partial charge in [0.25, 0.3) is 0 Å². The molecular formula is C14H22ClFN2.